The van der Waals surface area contributed by atoms with Crippen LogP contribution in [0.5, 0.6) is 0 Å². The van der Waals surface area contributed by atoms with E-state index in [1.165, 1.54) is 18.2 Å². The van der Waals surface area contributed by atoms with Crippen molar-refractivity contribution in [2.24, 2.45) is 0 Å². The van der Waals surface area contributed by atoms with Crippen molar-refractivity contribution < 1.29 is 9.18 Å². The summed E-state index contributed by atoms with van der Waals surface area (Å²) in [6.07, 6.45) is 0. The van der Waals surface area contributed by atoms with Gasteiger partial charge in [0.2, 0.25) is 0 Å². The molecule has 0 aliphatic heterocycles. The highest BCUT2D eigenvalue weighted by atomic mass is 79.9. The minimum Gasteiger partial charge on any atom is -0.307 e. The van der Waals surface area contributed by atoms with E-state index in [-0.39, 0.29) is 5.91 Å². The predicted octanol–water partition coefficient (Wildman–Crippen LogP) is 3.85. The zero-order valence-electron chi connectivity index (χ0n) is 10.5. The molecule has 0 spiro atoms. The van der Waals surface area contributed by atoms with Gasteiger partial charge in [0.25, 0.3) is 5.91 Å². The number of nitrogens with one attached hydrogen (secondary N) is 1. The highest BCUT2D eigenvalue weighted by Gasteiger charge is 2.11. The van der Waals surface area contributed by atoms with Gasteiger partial charge in [0.05, 0.1) is 5.56 Å². The minimum absolute atomic E-state index is 0.329. The van der Waals surface area contributed by atoms with Crippen LogP contribution in [-0.4, -0.2) is 10.9 Å². The zero-order chi connectivity index (χ0) is 14.0. The van der Waals surface area contributed by atoms with Crippen LogP contribution in [0.25, 0.3) is 0 Å². The minimum atomic E-state index is -0.395. The first kappa shape index (κ1) is 13.7. The maximum atomic E-state index is 13.0. The molecule has 0 saturated carbocycles. The molecular formula is C14H12BrFN2O. The summed E-state index contributed by atoms with van der Waals surface area (Å²) in [4.78, 5) is 16.3. The summed E-state index contributed by atoms with van der Waals surface area (Å²) in [6.45, 7) is 3.79. The second-order valence-electron chi connectivity index (χ2n) is 4.25. The molecule has 1 N–H and O–H groups in total. The Balaban J connectivity index is 2.25. The second kappa shape index (κ2) is 5.48. The third-order valence-corrected chi connectivity index (χ3v) is 3.17. The highest BCUT2D eigenvalue weighted by molar-refractivity contribution is 9.10. The van der Waals surface area contributed by atoms with Gasteiger partial charge < -0.3 is 5.32 Å². The van der Waals surface area contributed by atoms with Crippen LogP contribution >= 0.6 is 15.9 Å². The first-order chi connectivity index (χ1) is 8.95. The Labute approximate surface area is 119 Å². The molecule has 0 radical (unpaired) electrons. The van der Waals surface area contributed by atoms with E-state index in [0.717, 1.165) is 11.3 Å². The number of hydrogen-bond acceptors (Lipinski definition) is 2. The lowest BCUT2D eigenvalue weighted by molar-refractivity contribution is 0.102. The van der Waals surface area contributed by atoms with E-state index < -0.39 is 5.82 Å². The van der Waals surface area contributed by atoms with Gasteiger partial charge in [-0.15, -0.1) is 0 Å². The van der Waals surface area contributed by atoms with Crippen LogP contribution in [0.1, 0.15) is 21.6 Å². The van der Waals surface area contributed by atoms with Crippen LogP contribution in [0.4, 0.5) is 10.2 Å². The quantitative estimate of drug-likeness (QED) is 0.912. The molecule has 1 aromatic heterocycles. The number of hydrogen-bond donors (Lipinski definition) is 1. The Hall–Kier alpha value is -1.75. The molecule has 1 aromatic carbocycles. The van der Waals surface area contributed by atoms with E-state index in [9.17, 15) is 9.18 Å². The number of aromatic nitrogens is 1. The number of halogens is 2. The molecule has 1 heterocycles. The van der Waals surface area contributed by atoms with Crippen LogP contribution in [0.15, 0.2) is 34.8 Å². The van der Waals surface area contributed by atoms with Gasteiger partial charge in [-0.05, 0) is 65.7 Å². The topological polar surface area (TPSA) is 42.0 Å². The lowest BCUT2D eigenvalue weighted by atomic mass is 10.2. The predicted molar refractivity (Wildman–Crippen MR) is 75.8 cm³/mol. The smallest absolute Gasteiger partial charge is 0.257 e. The molecule has 0 saturated heterocycles. The maximum absolute atomic E-state index is 13.0. The monoisotopic (exact) mass is 322 g/mol. The average molecular weight is 323 g/mol. The molecule has 0 fully saturated rings. The van der Waals surface area contributed by atoms with Gasteiger partial charge in [0, 0.05) is 10.2 Å². The largest absolute Gasteiger partial charge is 0.307 e. The molecule has 3 nitrogen and oxygen atoms in total. The normalized spacial score (nSPS) is 10.3. The van der Waals surface area contributed by atoms with Crippen molar-refractivity contribution in [2.45, 2.75) is 13.8 Å². The van der Waals surface area contributed by atoms with Crippen LogP contribution in [-0.2, 0) is 0 Å². The van der Waals surface area contributed by atoms with Gasteiger partial charge in [0.15, 0.2) is 0 Å². The highest BCUT2D eigenvalue weighted by Crippen LogP contribution is 2.19. The number of benzene rings is 1. The van der Waals surface area contributed by atoms with Crippen molar-refractivity contribution in [2.75, 3.05) is 5.32 Å². The zero-order valence-corrected chi connectivity index (χ0v) is 12.1. The number of rotatable bonds is 2. The number of nitrogens with zero attached hydrogens (tertiary/aromatic N) is 1. The van der Waals surface area contributed by atoms with Gasteiger partial charge in [-0.25, -0.2) is 9.37 Å². The van der Waals surface area contributed by atoms with Crippen molar-refractivity contribution in [1.82, 2.24) is 4.98 Å². The number of carbonyl (C=O) groups excluding carboxylic acids is 1. The van der Waals surface area contributed by atoms with E-state index in [1.807, 2.05) is 19.9 Å². The maximum Gasteiger partial charge on any atom is 0.257 e. The van der Waals surface area contributed by atoms with E-state index in [2.05, 4.69) is 26.2 Å². The summed E-state index contributed by atoms with van der Waals surface area (Å²) in [6, 6.07) is 7.63. The fourth-order valence-electron chi connectivity index (χ4n) is 1.76. The Bertz CT molecular complexity index is 623. The Kier molecular flexibility index (Phi) is 3.95. The summed E-state index contributed by atoms with van der Waals surface area (Å²) in [5, 5.41) is 2.70. The molecule has 2 aromatic rings. The van der Waals surface area contributed by atoms with E-state index in [4.69, 9.17) is 0 Å². The molecule has 1 amide bonds. The summed E-state index contributed by atoms with van der Waals surface area (Å²) in [5.41, 5.74) is 2.21. The number of anilines is 1. The fraction of sp³-hybridized carbons (Fsp3) is 0.143. The van der Waals surface area contributed by atoms with Crippen LogP contribution < -0.4 is 5.32 Å². The van der Waals surface area contributed by atoms with E-state index in [0.29, 0.717) is 15.9 Å². The molecule has 19 heavy (non-hydrogen) atoms. The standard InChI is InChI=1S/C14H12BrFN2O/c1-8-5-9(2)17-13(6-8)18-14(19)11-4-3-10(16)7-12(11)15/h3-7H,1-2H3,(H,17,18,19). The van der Waals surface area contributed by atoms with Crippen LogP contribution in [0, 0.1) is 19.7 Å². The lowest BCUT2D eigenvalue weighted by Crippen LogP contribution is -2.14. The van der Waals surface area contributed by atoms with Gasteiger partial charge in [-0.3, -0.25) is 4.79 Å². The molecular weight excluding hydrogens is 311 g/mol. The molecule has 0 unspecified atom stereocenters. The first-order valence-electron chi connectivity index (χ1n) is 5.67. The van der Waals surface area contributed by atoms with Gasteiger partial charge >= 0.3 is 0 Å². The van der Waals surface area contributed by atoms with Crippen molar-refractivity contribution in [1.29, 1.82) is 0 Å². The summed E-state index contributed by atoms with van der Waals surface area (Å²) < 4.78 is 13.4. The van der Waals surface area contributed by atoms with E-state index in [1.54, 1.807) is 6.07 Å². The summed E-state index contributed by atoms with van der Waals surface area (Å²) in [7, 11) is 0. The average Bonchev–Trinajstić information content (AvgIpc) is 2.26. The van der Waals surface area contributed by atoms with Gasteiger partial charge in [0.1, 0.15) is 11.6 Å². The molecule has 0 bridgehead atoms. The fourth-order valence-corrected chi connectivity index (χ4v) is 2.29. The molecule has 5 heteroatoms. The molecule has 98 valence electrons. The summed E-state index contributed by atoms with van der Waals surface area (Å²) in [5.74, 6) is -0.240. The number of carbonyl (C=O) groups is 1. The molecule has 0 aliphatic rings. The third-order valence-electron chi connectivity index (χ3n) is 2.52. The Morgan fingerprint density at radius 2 is 2.00 bits per heavy atom. The number of aryl methyl sites for hydroxylation is 2. The second-order valence-corrected chi connectivity index (χ2v) is 5.10. The molecule has 0 aliphatic carbocycles. The lowest BCUT2D eigenvalue weighted by Gasteiger charge is -2.08. The summed E-state index contributed by atoms with van der Waals surface area (Å²) >= 11 is 3.17. The van der Waals surface area contributed by atoms with Crippen LogP contribution in [0.2, 0.25) is 0 Å². The van der Waals surface area contributed by atoms with Crippen molar-refractivity contribution in [3.8, 4) is 0 Å². The van der Waals surface area contributed by atoms with Gasteiger partial charge in [-0.1, -0.05) is 0 Å². The van der Waals surface area contributed by atoms with Crippen molar-refractivity contribution >= 4 is 27.7 Å². The van der Waals surface area contributed by atoms with Gasteiger partial charge in [-0.2, -0.15) is 0 Å². The number of amides is 1. The third kappa shape index (κ3) is 3.38. The SMILES string of the molecule is Cc1cc(C)nc(NC(=O)c2ccc(F)cc2Br)c1. The number of pyridine rings is 1. The van der Waals surface area contributed by atoms with Crippen molar-refractivity contribution in [3.63, 3.8) is 0 Å². The molecule has 2 rings (SSSR count). The van der Waals surface area contributed by atoms with Crippen molar-refractivity contribution in [3.05, 3.63) is 57.4 Å². The molecule has 0 atom stereocenters. The Morgan fingerprint density at radius 3 is 2.63 bits per heavy atom. The Morgan fingerprint density at radius 1 is 1.26 bits per heavy atom. The van der Waals surface area contributed by atoms with E-state index >= 15 is 0 Å². The first-order valence-corrected chi connectivity index (χ1v) is 6.47. The van der Waals surface area contributed by atoms with Crippen LogP contribution in [0.3, 0.4) is 0 Å².